The van der Waals surface area contributed by atoms with Crippen LogP contribution in [0.4, 0.5) is 5.82 Å². The number of nitrogens with one attached hydrogen (secondary N) is 1. The fourth-order valence-electron chi connectivity index (χ4n) is 4.87. The minimum Gasteiger partial charge on any atom is -0.478 e. The zero-order valence-electron chi connectivity index (χ0n) is 18.7. The first-order valence-electron chi connectivity index (χ1n) is 11.6. The van der Waals surface area contributed by atoms with Gasteiger partial charge in [-0.05, 0) is 61.4 Å². The van der Waals surface area contributed by atoms with Crippen molar-refractivity contribution < 1.29 is 14.7 Å². The van der Waals surface area contributed by atoms with Crippen molar-refractivity contribution in [2.75, 3.05) is 11.4 Å². The van der Waals surface area contributed by atoms with Crippen molar-refractivity contribution in [2.24, 2.45) is 0 Å². The summed E-state index contributed by atoms with van der Waals surface area (Å²) < 4.78 is 0. The van der Waals surface area contributed by atoms with Gasteiger partial charge in [0.2, 0.25) is 0 Å². The van der Waals surface area contributed by atoms with Crippen LogP contribution in [0.5, 0.6) is 0 Å². The highest BCUT2D eigenvalue weighted by atomic mass is 35.5. The van der Waals surface area contributed by atoms with Gasteiger partial charge in [-0.1, -0.05) is 54.1 Å². The first-order valence-corrected chi connectivity index (χ1v) is 12.0. The molecule has 174 valence electrons. The zero-order chi connectivity index (χ0) is 23.7. The average Bonchev–Trinajstić information content (AvgIpc) is 3.49. The average molecular weight is 476 g/mol. The fraction of sp³-hybridized carbons (Fsp3) is 0.296. The number of anilines is 1. The number of carbonyl (C=O) groups excluding carboxylic acids is 1. The molecule has 0 bridgehead atoms. The van der Waals surface area contributed by atoms with E-state index in [2.05, 4.69) is 27.3 Å². The number of benzene rings is 2. The molecule has 6 nitrogen and oxygen atoms in total. The second-order valence-electron chi connectivity index (χ2n) is 9.12. The molecule has 2 heterocycles. The van der Waals surface area contributed by atoms with E-state index in [1.807, 2.05) is 18.2 Å². The highest BCUT2D eigenvalue weighted by molar-refractivity contribution is 6.31. The third-order valence-corrected chi connectivity index (χ3v) is 7.04. The lowest BCUT2D eigenvalue weighted by molar-refractivity contribution is 0.0696. The quantitative estimate of drug-likeness (QED) is 0.499. The normalized spacial score (nSPS) is 18.5. The number of carboxylic acid groups (broad SMARTS) is 1. The highest BCUT2D eigenvalue weighted by Crippen LogP contribution is 2.46. The van der Waals surface area contributed by atoms with Crippen molar-refractivity contribution in [3.8, 4) is 0 Å². The van der Waals surface area contributed by atoms with Crippen LogP contribution in [0.3, 0.4) is 0 Å². The third kappa shape index (κ3) is 4.50. The number of carboxylic acids is 1. The van der Waals surface area contributed by atoms with Gasteiger partial charge in [-0.15, -0.1) is 0 Å². The Kier molecular flexibility index (Phi) is 6.00. The molecule has 1 unspecified atom stereocenters. The Morgan fingerprint density at radius 1 is 1.12 bits per heavy atom. The van der Waals surface area contributed by atoms with Crippen molar-refractivity contribution in [3.05, 3.63) is 94.1 Å². The minimum absolute atomic E-state index is 0.213. The van der Waals surface area contributed by atoms with E-state index < -0.39 is 11.5 Å². The maximum atomic E-state index is 13.5. The van der Waals surface area contributed by atoms with Crippen LogP contribution in [-0.4, -0.2) is 34.6 Å². The highest BCUT2D eigenvalue weighted by Gasteiger charge is 2.46. The number of amides is 1. The largest absolute Gasteiger partial charge is 0.478 e. The lowest BCUT2D eigenvalue weighted by atomic mass is 10.0. The summed E-state index contributed by atoms with van der Waals surface area (Å²) in [5.41, 5.74) is 2.39. The van der Waals surface area contributed by atoms with Gasteiger partial charge in [-0.3, -0.25) is 4.79 Å². The minimum atomic E-state index is -0.967. The number of aromatic carboxylic acids is 1. The number of nitrogens with zero attached hydrogens (tertiary/aromatic N) is 2. The summed E-state index contributed by atoms with van der Waals surface area (Å²) in [6.45, 7) is 0.841. The summed E-state index contributed by atoms with van der Waals surface area (Å²) in [5, 5.41) is 12.8. The molecule has 7 heteroatoms. The number of carbonyl (C=O) groups is 2. The van der Waals surface area contributed by atoms with Gasteiger partial charge in [-0.25, -0.2) is 9.78 Å². The van der Waals surface area contributed by atoms with E-state index in [-0.39, 0.29) is 17.5 Å². The van der Waals surface area contributed by atoms with Crippen LogP contribution >= 0.6 is 11.6 Å². The van der Waals surface area contributed by atoms with E-state index in [0.29, 0.717) is 16.4 Å². The van der Waals surface area contributed by atoms with Gasteiger partial charge < -0.3 is 15.3 Å². The van der Waals surface area contributed by atoms with Gasteiger partial charge in [0.25, 0.3) is 5.91 Å². The number of halogens is 1. The molecule has 1 amide bonds. The summed E-state index contributed by atoms with van der Waals surface area (Å²) >= 11 is 6.27. The van der Waals surface area contributed by atoms with Gasteiger partial charge in [0.1, 0.15) is 5.82 Å². The Morgan fingerprint density at radius 3 is 2.53 bits per heavy atom. The molecule has 2 N–H and O–H groups in total. The number of aromatic nitrogens is 1. The fourth-order valence-corrected chi connectivity index (χ4v) is 5.03. The van der Waals surface area contributed by atoms with Gasteiger partial charge in [0.15, 0.2) is 0 Å². The van der Waals surface area contributed by atoms with Crippen LogP contribution in [0, 0.1) is 0 Å². The van der Waals surface area contributed by atoms with Crippen molar-refractivity contribution >= 4 is 29.3 Å². The number of pyridine rings is 1. The maximum absolute atomic E-state index is 13.5. The van der Waals surface area contributed by atoms with E-state index in [4.69, 9.17) is 16.7 Å². The molecule has 0 spiro atoms. The first-order chi connectivity index (χ1) is 16.4. The molecule has 2 aliphatic rings. The van der Waals surface area contributed by atoms with Crippen molar-refractivity contribution in [1.29, 1.82) is 0 Å². The molecule has 5 rings (SSSR count). The third-order valence-electron chi connectivity index (χ3n) is 6.83. The molecule has 1 aliphatic carbocycles. The molecule has 1 saturated carbocycles. The maximum Gasteiger partial charge on any atom is 0.335 e. The van der Waals surface area contributed by atoms with Crippen LogP contribution in [0.2, 0.25) is 5.02 Å². The predicted octanol–water partition coefficient (Wildman–Crippen LogP) is 5.06. The Bertz CT molecular complexity index is 1210. The van der Waals surface area contributed by atoms with Crippen LogP contribution in [0.25, 0.3) is 0 Å². The van der Waals surface area contributed by atoms with Crippen molar-refractivity contribution in [3.63, 3.8) is 0 Å². The molecular weight excluding hydrogens is 450 g/mol. The monoisotopic (exact) mass is 475 g/mol. The molecule has 3 aromatic rings. The number of hydrogen-bond acceptors (Lipinski definition) is 4. The van der Waals surface area contributed by atoms with E-state index in [1.165, 1.54) is 5.56 Å². The van der Waals surface area contributed by atoms with Crippen molar-refractivity contribution in [2.45, 2.75) is 43.7 Å². The number of hydrogen-bond donors (Lipinski definition) is 2. The molecule has 1 aliphatic heterocycles. The van der Waals surface area contributed by atoms with Crippen LogP contribution < -0.4 is 10.2 Å². The second-order valence-corrected chi connectivity index (χ2v) is 9.56. The standard InChI is InChI=1S/C27H26ClN3O3/c28-21-16-23(25(32)30-27(12-13-27)20-10-8-19(9-11-20)26(33)34)24(29-17-21)31-14-4-7-22(31)15-18-5-2-1-3-6-18/h1-3,5-6,8-11,16-17,22H,4,7,12-15H2,(H,30,32)(H,33,34). The zero-order valence-corrected chi connectivity index (χ0v) is 19.5. The Balaban J connectivity index is 1.39. The summed E-state index contributed by atoms with van der Waals surface area (Å²) in [7, 11) is 0. The summed E-state index contributed by atoms with van der Waals surface area (Å²) in [6.07, 6.45) is 6.18. The molecular formula is C27H26ClN3O3. The van der Waals surface area contributed by atoms with Gasteiger partial charge in [0.05, 0.1) is 21.7 Å². The Hall–Kier alpha value is -3.38. The van der Waals surface area contributed by atoms with Crippen molar-refractivity contribution in [1.82, 2.24) is 10.3 Å². The van der Waals surface area contributed by atoms with Crippen LogP contribution in [0.1, 0.15) is 57.5 Å². The Morgan fingerprint density at radius 2 is 1.85 bits per heavy atom. The lowest BCUT2D eigenvalue weighted by Gasteiger charge is -2.28. The summed E-state index contributed by atoms with van der Waals surface area (Å²) in [6, 6.07) is 19.1. The van der Waals surface area contributed by atoms with Crippen LogP contribution in [-0.2, 0) is 12.0 Å². The molecule has 34 heavy (non-hydrogen) atoms. The van der Waals surface area contributed by atoms with Gasteiger partial charge in [0, 0.05) is 18.8 Å². The summed E-state index contributed by atoms with van der Waals surface area (Å²) in [4.78, 5) is 31.5. The topological polar surface area (TPSA) is 82.5 Å². The summed E-state index contributed by atoms with van der Waals surface area (Å²) in [5.74, 6) is -0.515. The molecule has 2 fully saturated rings. The molecule has 2 aromatic carbocycles. The lowest BCUT2D eigenvalue weighted by Crippen LogP contribution is -2.38. The van der Waals surface area contributed by atoms with E-state index in [1.54, 1.807) is 36.5 Å². The van der Waals surface area contributed by atoms with Gasteiger partial charge in [-0.2, -0.15) is 0 Å². The first kappa shape index (κ1) is 22.4. The molecule has 1 aromatic heterocycles. The molecule has 0 radical (unpaired) electrons. The van der Waals surface area contributed by atoms with E-state index in [9.17, 15) is 9.59 Å². The molecule has 1 atom stereocenters. The SMILES string of the molecule is O=C(O)c1ccc(C2(NC(=O)c3cc(Cl)cnc3N3CCCC3Cc3ccccc3)CC2)cc1. The Labute approximate surface area is 203 Å². The number of rotatable bonds is 7. The predicted molar refractivity (Wildman–Crippen MR) is 132 cm³/mol. The van der Waals surface area contributed by atoms with Gasteiger partial charge >= 0.3 is 5.97 Å². The van der Waals surface area contributed by atoms with E-state index in [0.717, 1.165) is 44.2 Å². The van der Waals surface area contributed by atoms with E-state index >= 15 is 0 Å². The second kappa shape index (κ2) is 9.11. The smallest absolute Gasteiger partial charge is 0.335 e. The van der Waals surface area contributed by atoms with Crippen LogP contribution in [0.15, 0.2) is 66.9 Å². The molecule has 1 saturated heterocycles.